The lowest BCUT2D eigenvalue weighted by atomic mass is 10.1. The first-order chi connectivity index (χ1) is 17.5. The molecule has 5 heterocycles. The van der Waals surface area contributed by atoms with E-state index in [1.807, 2.05) is 6.92 Å². The van der Waals surface area contributed by atoms with Crippen LogP contribution in [-0.2, 0) is 6.54 Å². The van der Waals surface area contributed by atoms with E-state index < -0.39 is 23.4 Å². The first-order valence-corrected chi connectivity index (χ1v) is 12.2. The molecule has 0 unspecified atom stereocenters. The van der Waals surface area contributed by atoms with Gasteiger partial charge >= 0.3 is 5.97 Å². The number of carboxylic acid groups (broad SMARTS) is 1. The average Bonchev–Trinajstić information content (AvgIpc) is 3.17. The lowest BCUT2D eigenvalue weighted by Crippen LogP contribution is -2.27. The van der Waals surface area contributed by atoms with Gasteiger partial charge in [-0.15, -0.1) is 0 Å². The van der Waals surface area contributed by atoms with Crippen molar-refractivity contribution in [2.45, 2.75) is 32.5 Å². The van der Waals surface area contributed by atoms with Gasteiger partial charge < -0.3 is 15.3 Å². The van der Waals surface area contributed by atoms with E-state index >= 15 is 0 Å². The molecule has 0 spiro atoms. The Morgan fingerprint density at radius 1 is 1.24 bits per heavy atom. The van der Waals surface area contributed by atoms with Crippen molar-refractivity contribution in [2.75, 3.05) is 10.2 Å². The average molecular weight is 564 g/mol. The number of carbonyl (C=O) groups is 1. The molecule has 0 bridgehead atoms. The number of rotatable bonds is 5. The molecule has 0 saturated carbocycles. The van der Waals surface area contributed by atoms with Gasteiger partial charge in [-0.2, -0.15) is 0 Å². The van der Waals surface area contributed by atoms with Crippen LogP contribution in [0.4, 0.5) is 15.9 Å². The van der Waals surface area contributed by atoms with Gasteiger partial charge in [-0.3, -0.25) is 14.2 Å². The van der Waals surface area contributed by atoms with Gasteiger partial charge in [-0.25, -0.2) is 19.2 Å². The van der Waals surface area contributed by atoms with Crippen molar-refractivity contribution in [2.24, 2.45) is 0 Å². The topological polar surface area (TPSA) is 113 Å². The number of hydrogen-bond acceptors (Lipinski definition) is 7. The fourth-order valence-electron chi connectivity index (χ4n) is 4.45. The molecular formula is C24H18Cl3FN6O3. The molecule has 2 N–H and O–H groups in total. The number of nitrogens with one attached hydrogen (secondary N) is 1. The summed E-state index contributed by atoms with van der Waals surface area (Å²) in [5.41, 5.74) is 1.52. The summed E-state index contributed by atoms with van der Waals surface area (Å²) in [6.07, 6.45) is 2.55. The highest BCUT2D eigenvalue weighted by Crippen LogP contribution is 2.38. The molecule has 1 aliphatic rings. The standard InChI is InChI=1S/C24H18Cl3FN6O3/c1-10(30-16-3-4-17(26)31-20(16)24(36)37)15-6-13(25)9-34-21(15)32-22(18(27)23(34)35)33-8-12-5-14(28)7-29-19(12)11(33)2/h3-7,9-11,30H,8H2,1-2H3,(H,36,37)/t10-,11-/m1/s1. The van der Waals surface area contributed by atoms with Gasteiger partial charge in [0.15, 0.2) is 11.5 Å². The third-order valence-electron chi connectivity index (χ3n) is 6.19. The molecular weight excluding hydrogens is 546 g/mol. The molecule has 190 valence electrons. The number of carboxylic acids is 1. The largest absolute Gasteiger partial charge is 0.476 e. The molecule has 0 radical (unpaired) electrons. The first-order valence-electron chi connectivity index (χ1n) is 11.0. The molecule has 13 heteroatoms. The predicted molar refractivity (Wildman–Crippen MR) is 139 cm³/mol. The zero-order valence-corrected chi connectivity index (χ0v) is 21.6. The Labute approximate surface area is 224 Å². The van der Waals surface area contributed by atoms with E-state index in [9.17, 15) is 19.1 Å². The van der Waals surface area contributed by atoms with Crippen LogP contribution in [-0.4, -0.2) is 30.4 Å². The second-order valence-electron chi connectivity index (χ2n) is 8.56. The van der Waals surface area contributed by atoms with Gasteiger partial charge in [-0.05, 0) is 43.7 Å². The Hall–Kier alpha value is -3.47. The summed E-state index contributed by atoms with van der Waals surface area (Å²) in [5.74, 6) is -1.50. The zero-order valence-electron chi connectivity index (χ0n) is 19.3. The summed E-state index contributed by atoms with van der Waals surface area (Å²) in [5, 5.41) is 12.8. The van der Waals surface area contributed by atoms with E-state index in [2.05, 4.69) is 15.3 Å². The SMILES string of the molecule is C[C@@H]1c2ncc(F)cc2CN1c1nc2c([C@@H](C)Nc3ccc(Cl)nc3C(=O)O)cc(Cl)cn2c(=O)c1Cl. The minimum Gasteiger partial charge on any atom is -0.476 e. The van der Waals surface area contributed by atoms with Crippen molar-refractivity contribution in [3.05, 3.63) is 90.5 Å². The Bertz CT molecular complexity index is 1650. The molecule has 1 aliphatic heterocycles. The molecule has 37 heavy (non-hydrogen) atoms. The van der Waals surface area contributed by atoms with E-state index in [0.29, 0.717) is 16.8 Å². The second-order valence-corrected chi connectivity index (χ2v) is 9.77. The molecule has 5 rings (SSSR count). The van der Waals surface area contributed by atoms with E-state index in [4.69, 9.17) is 39.8 Å². The molecule has 0 aromatic carbocycles. The third-order valence-corrected chi connectivity index (χ3v) is 6.94. The van der Waals surface area contributed by atoms with Crippen molar-refractivity contribution in [3.63, 3.8) is 0 Å². The minimum absolute atomic E-state index is 0.0337. The summed E-state index contributed by atoms with van der Waals surface area (Å²) >= 11 is 18.7. The van der Waals surface area contributed by atoms with E-state index in [-0.39, 0.29) is 50.6 Å². The van der Waals surface area contributed by atoms with Crippen LogP contribution in [0.1, 0.15) is 53.2 Å². The maximum absolute atomic E-state index is 13.8. The Morgan fingerprint density at radius 2 is 2.00 bits per heavy atom. The smallest absolute Gasteiger partial charge is 0.356 e. The number of hydrogen-bond donors (Lipinski definition) is 2. The van der Waals surface area contributed by atoms with Crippen LogP contribution in [0.2, 0.25) is 15.2 Å². The van der Waals surface area contributed by atoms with Crippen molar-refractivity contribution >= 4 is 57.9 Å². The van der Waals surface area contributed by atoms with Gasteiger partial charge in [0.1, 0.15) is 21.6 Å². The molecule has 0 saturated heterocycles. The van der Waals surface area contributed by atoms with Gasteiger partial charge in [0.25, 0.3) is 5.56 Å². The van der Waals surface area contributed by atoms with Crippen molar-refractivity contribution in [3.8, 4) is 0 Å². The van der Waals surface area contributed by atoms with E-state index in [1.165, 1.54) is 28.8 Å². The molecule has 0 aliphatic carbocycles. The lowest BCUT2D eigenvalue weighted by Gasteiger charge is -2.25. The van der Waals surface area contributed by atoms with Gasteiger partial charge in [0, 0.05) is 18.3 Å². The number of halogens is 4. The second kappa shape index (κ2) is 9.44. The van der Waals surface area contributed by atoms with Gasteiger partial charge in [0.2, 0.25) is 0 Å². The van der Waals surface area contributed by atoms with Gasteiger partial charge in [0.05, 0.1) is 34.7 Å². The summed E-state index contributed by atoms with van der Waals surface area (Å²) in [7, 11) is 0. The molecule has 0 amide bonds. The fraction of sp³-hybridized carbons (Fsp3) is 0.208. The summed E-state index contributed by atoms with van der Waals surface area (Å²) < 4.78 is 15.0. The highest BCUT2D eigenvalue weighted by atomic mass is 35.5. The predicted octanol–water partition coefficient (Wildman–Crippen LogP) is 5.54. The highest BCUT2D eigenvalue weighted by molar-refractivity contribution is 6.33. The maximum Gasteiger partial charge on any atom is 0.356 e. The van der Waals surface area contributed by atoms with Crippen LogP contribution in [0.15, 0.2) is 41.5 Å². The minimum atomic E-state index is -1.26. The quantitative estimate of drug-likeness (QED) is 0.305. The van der Waals surface area contributed by atoms with Crippen molar-refractivity contribution in [1.29, 1.82) is 0 Å². The van der Waals surface area contributed by atoms with Crippen LogP contribution < -0.4 is 15.8 Å². The van der Waals surface area contributed by atoms with Crippen LogP contribution in [0, 0.1) is 5.82 Å². The normalized spacial score (nSPS) is 15.6. The molecule has 4 aromatic rings. The van der Waals surface area contributed by atoms with Crippen molar-refractivity contribution < 1.29 is 14.3 Å². The van der Waals surface area contributed by atoms with Gasteiger partial charge in [-0.1, -0.05) is 34.8 Å². The van der Waals surface area contributed by atoms with Crippen LogP contribution in [0.5, 0.6) is 0 Å². The third kappa shape index (κ3) is 4.45. The number of aromatic nitrogens is 4. The summed E-state index contributed by atoms with van der Waals surface area (Å²) in [6.45, 7) is 3.89. The first kappa shape index (κ1) is 25.2. The monoisotopic (exact) mass is 562 g/mol. The molecule has 9 nitrogen and oxygen atoms in total. The van der Waals surface area contributed by atoms with E-state index in [0.717, 1.165) is 6.20 Å². The highest BCUT2D eigenvalue weighted by Gasteiger charge is 2.32. The van der Waals surface area contributed by atoms with Crippen LogP contribution >= 0.6 is 34.8 Å². The Kier molecular flexibility index (Phi) is 6.43. The number of pyridine rings is 3. The molecule has 2 atom stereocenters. The van der Waals surface area contributed by atoms with Crippen LogP contribution in [0.3, 0.4) is 0 Å². The summed E-state index contributed by atoms with van der Waals surface area (Å²) in [4.78, 5) is 39.6. The fourth-order valence-corrected chi connectivity index (χ4v) is 5.06. The van der Waals surface area contributed by atoms with Crippen molar-refractivity contribution in [1.82, 2.24) is 19.4 Å². The van der Waals surface area contributed by atoms with E-state index in [1.54, 1.807) is 17.9 Å². The zero-order chi connectivity index (χ0) is 26.6. The van der Waals surface area contributed by atoms with Crippen LogP contribution in [0.25, 0.3) is 5.65 Å². The number of anilines is 2. The summed E-state index contributed by atoms with van der Waals surface area (Å²) in [6, 6.07) is 5.11. The number of nitrogens with zero attached hydrogens (tertiary/aromatic N) is 5. The maximum atomic E-state index is 13.8. The molecule has 4 aromatic heterocycles. The molecule has 0 fully saturated rings. The Morgan fingerprint density at radius 3 is 2.73 bits per heavy atom. The Balaban J connectivity index is 1.62. The number of aromatic carboxylic acids is 1. The lowest BCUT2D eigenvalue weighted by molar-refractivity contribution is 0.0691. The number of fused-ring (bicyclic) bond motifs is 2.